The summed E-state index contributed by atoms with van der Waals surface area (Å²) >= 11 is 10.9. The molecule has 1 aromatic heterocycles. The van der Waals surface area contributed by atoms with Crippen LogP contribution in [0.15, 0.2) is 43.3 Å². The highest BCUT2D eigenvalue weighted by atomic mass is 79.9. The van der Waals surface area contributed by atoms with E-state index in [2.05, 4.69) is 20.9 Å². The molecule has 0 unspecified atom stereocenters. The number of carbonyl (C=O) groups is 1. The van der Waals surface area contributed by atoms with Gasteiger partial charge in [-0.3, -0.25) is 4.79 Å². The van der Waals surface area contributed by atoms with Crippen molar-refractivity contribution < 1.29 is 13.9 Å². The first kappa shape index (κ1) is 17.8. The quantitative estimate of drug-likeness (QED) is 0.583. The van der Waals surface area contributed by atoms with E-state index in [1.165, 1.54) is 18.9 Å². The Bertz CT molecular complexity index is 711. The maximum atomic E-state index is 11.6. The number of esters is 1. The highest BCUT2D eigenvalue weighted by molar-refractivity contribution is 9.10. The average Bonchev–Trinajstić information content (AvgIpc) is 2.97. The normalized spacial score (nSPS) is 20.8. The zero-order valence-electron chi connectivity index (χ0n) is 13.1. The van der Waals surface area contributed by atoms with Crippen LogP contribution >= 0.6 is 39.3 Å². The van der Waals surface area contributed by atoms with Crippen LogP contribution in [-0.4, -0.2) is 18.1 Å². The fourth-order valence-corrected chi connectivity index (χ4v) is 4.26. The van der Waals surface area contributed by atoms with Crippen molar-refractivity contribution in [2.24, 2.45) is 5.92 Å². The van der Waals surface area contributed by atoms with Crippen LogP contribution < -0.4 is 0 Å². The molecule has 1 fully saturated rings. The number of hydrogen-bond donors (Lipinski definition) is 0. The molecule has 3 rings (SSSR count). The number of aromatic nitrogens is 1. The maximum absolute atomic E-state index is 11.6. The van der Waals surface area contributed by atoms with Crippen LogP contribution in [0.4, 0.5) is 0 Å². The summed E-state index contributed by atoms with van der Waals surface area (Å²) in [6, 6.07) is 7.60. The summed E-state index contributed by atoms with van der Waals surface area (Å²) in [7, 11) is 1.44. The van der Waals surface area contributed by atoms with Gasteiger partial charge >= 0.3 is 5.97 Å². The lowest BCUT2D eigenvalue weighted by atomic mass is 9.82. The van der Waals surface area contributed by atoms with Crippen LogP contribution in [0.1, 0.15) is 37.5 Å². The molecule has 1 aromatic carbocycles. The van der Waals surface area contributed by atoms with E-state index >= 15 is 0 Å². The molecule has 1 saturated carbocycles. The molecule has 0 spiro atoms. The third kappa shape index (κ3) is 4.16. The van der Waals surface area contributed by atoms with Crippen molar-refractivity contribution in [3.63, 3.8) is 0 Å². The van der Waals surface area contributed by atoms with E-state index in [1.807, 2.05) is 24.3 Å². The standard InChI is InChI=1S/C17H17BrClNO3S/c1-22-16(21)11-4-2-10(3-5-11)15-20-14(18)17(23-15)24-13-8-6-12(19)7-9-13/h6-11H,2-5H2,1H3. The van der Waals surface area contributed by atoms with Crippen molar-refractivity contribution in [3.8, 4) is 0 Å². The number of ether oxygens (including phenoxy) is 1. The second-order valence-electron chi connectivity index (χ2n) is 5.76. The maximum Gasteiger partial charge on any atom is 0.308 e. The van der Waals surface area contributed by atoms with Gasteiger partial charge < -0.3 is 9.15 Å². The number of benzene rings is 1. The zero-order chi connectivity index (χ0) is 17.1. The molecule has 0 aliphatic heterocycles. The number of nitrogens with zero attached hydrogens (tertiary/aromatic N) is 1. The molecule has 7 heteroatoms. The number of methoxy groups -OCH3 is 1. The average molecular weight is 431 g/mol. The summed E-state index contributed by atoms with van der Waals surface area (Å²) < 4.78 is 11.5. The van der Waals surface area contributed by atoms with Gasteiger partial charge in [0.15, 0.2) is 15.6 Å². The van der Waals surface area contributed by atoms with Crippen LogP contribution in [0.3, 0.4) is 0 Å². The van der Waals surface area contributed by atoms with Gasteiger partial charge in [-0.1, -0.05) is 11.6 Å². The number of halogens is 2. The smallest absolute Gasteiger partial charge is 0.308 e. The van der Waals surface area contributed by atoms with Crippen LogP contribution in [0.5, 0.6) is 0 Å². The van der Waals surface area contributed by atoms with Gasteiger partial charge in [-0.15, -0.1) is 0 Å². The number of oxazole rings is 1. The lowest BCUT2D eigenvalue weighted by Crippen LogP contribution is -2.22. The molecule has 1 aliphatic carbocycles. The molecule has 0 bridgehead atoms. The molecular formula is C17H17BrClNO3S. The third-order valence-corrected chi connectivity index (χ3v) is 6.23. The minimum Gasteiger partial charge on any atom is -0.469 e. The van der Waals surface area contributed by atoms with Crippen molar-refractivity contribution in [1.29, 1.82) is 0 Å². The molecule has 24 heavy (non-hydrogen) atoms. The first-order valence-corrected chi connectivity index (χ1v) is 9.73. The molecule has 0 N–H and O–H groups in total. The monoisotopic (exact) mass is 429 g/mol. The largest absolute Gasteiger partial charge is 0.469 e. The van der Waals surface area contributed by atoms with Gasteiger partial charge in [0.1, 0.15) is 0 Å². The summed E-state index contributed by atoms with van der Waals surface area (Å²) in [5.74, 6) is 0.886. The second kappa shape index (κ2) is 7.93. The van der Waals surface area contributed by atoms with Gasteiger partial charge in [0, 0.05) is 15.8 Å². The molecule has 1 heterocycles. The third-order valence-electron chi connectivity index (χ3n) is 4.21. The Balaban J connectivity index is 1.66. The molecule has 0 radical (unpaired) electrons. The first-order chi connectivity index (χ1) is 11.6. The molecule has 1 aliphatic rings. The van der Waals surface area contributed by atoms with E-state index < -0.39 is 0 Å². The van der Waals surface area contributed by atoms with Gasteiger partial charge in [0.25, 0.3) is 0 Å². The highest BCUT2D eigenvalue weighted by Crippen LogP contribution is 2.40. The summed E-state index contributed by atoms with van der Waals surface area (Å²) in [6.07, 6.45) is 3.41. The van der Waals surface area contributed by atoms with Gasteiger partial charge in [-0.05, 0) is 77.6 Å². The Kier molecular flexibility index (Phi) is 5.89. The molecule has 4 nitrogen and oxygen atoms in total. The van der Waals surface area contributed by atoms with Crippen LogP contribution in [0.2, 0.25) is 5.02 Å². The molecule has 128 valence electrons. The second-order valence-corrected chi connectivity index (χ2v) is 7.99. The van der Waals surface area contributed by atoms with Crippen molar-refractivity contribution in [3.05, 3.63) is 39.8 Å². The predicted octanol–water partition coefficient (Wildman–Crippen LogP) is 5.69. The fourth-order valence-electron chi connectivity index (χ4n) is 2.89. The first-order valence-electron chi connectivity index (χ1n) is 7.74. The Morgan fingerprint density at radius 2 is 1.96 bits per heavy atom. The minimum absolute atomic E-state index is 0.00701. The van der Waals surface area contributed by atoms with Gasteiger partial charge in [-0.2, -0.15) is 0 Å². The molecule has 0 saturated heterocycles. The fraction of sp³-hybridized carbons (Fsp3) is 0.412. The Morgan fingerprint density at radius 3 is 2.58 bits per heavy atom. The lowest BCUT2D eigenvalue weighted by molar-refractivity contribution is -0.146. The zero-order valence-corrected chi connectivity index (χ0v) is 16.3. The predicted molar refractivity (Wildman–Crippen MR) is 96.5 cm³/mol. The minimum atomic E-state index is -0.110. The molecular weight excluding hydrogens is 414 g/mol. The summed E-state index contributed by atoms with van der Waals surface area (Å²) in [4.78, 5) is 17.2. The lowest BCUT2D eigenvalue weighted by Gasteiger charge is -2.24. The summed E-state index contributed by atoms with van der Waals surface area (Å²) in [6.45, 7) is 0. The van der Waals surface area contributed by atoms with E-state index in [0.717, 1.165) is 41.6 Å². The number of rotatable bonds is 4. The van der Waals surface area contributed by atoms with Crippen molar-refractivity contribution in [2.75, 3.05) is 7.11 Å². The summed E-state index contributed by atoms with van der Waals surface area (Å²) in [5.41, 5.74) is 0. The van der Waals surface area contributed by atoms with Crippen molar-refractivity contribution >= 4 is 45.3 Å². The van der Waals surface area contributed by atoms with Crippen LogP contribution in [-0.2, 0) is 9.53 Å². The molecule has 0 amide bonds. The van der Waals surface area contributed by atoms with Crippen LogP contribution in [0, 0.1) is 5.92 Å². The Morgan fingerprint density at radius 1 is 1.29 bits per heavy atom. The van der Waals surface area contributed by atoms with Gasteiger partial charge in [0.05, 0.1) is 13.0 Å². The molecule has 2 aromatic rings. The van der Waals surface area contributed by atoms with Gasteiger partial charge in [0.2, 0.25) is 0 Å². The van der Waals surface area contributed by atoms with Crippen molar-refractivity contribution in [2.45, 2.75) is 41.6 Å². The van der Waals surface area contributed by atoms with Crippen LogP contribution in [0.25, 0.3) is 0 Å². The number of hydrogen-bond acceptors (Lipinski definition) is 5. The van der Waals surface area contributed by atoms with E-state index in [0.29, 0.717) is 9.63 Å². The SMILES string of the molecule is COC(=O)C1CCC(c2nc(Br)c(Sc3ccc(Cl)cc3)o2)CC1. The number of carbonyl (C=O) groups excluding carboxylic acids is 1. The highest BCUT2D eigenvalue weighted by Gasteiger charge is 2.30. The summed E-state index contributed by atoms with van der Waals surface area (Å²) in [5, 5.41) is 1.45. The molecule has 0 atom stereocenters. The van der Waals surface area contributed by atoms with Crippen molar-refractivity contribution in [1.82, 2.24) is 4.98 Å². The Labute approximate surface area is 158 Å². The Hall–Kier alpha value is -0.980. The van der Waals surface area contributed by atoms with E-state index in [1.54, 1.807) is 0 Å². The van der Waals surface area contributed by atoms with E-state index in [-0.39, 0.29) is 17.8 Å². The van der Waals surface area contributed by atoms with E-state index in [4.69, 9.17) is 20.8 Å². The topological polar surface area (TPSA) is 52.3 Å². The van der Waals surface area contributed by atoms with Gasteiger partial charge in [-0.25, -0.2) is 4.98 Å². The van der Waals surface area contributed by atoms with E-state index in [9.17, 15) is 4.79 Å².